The van der Waals surface area contributed by atoms with Crippen molar-refractivity contribution >= 4 is 26.7 Å². The van der Waals surface area contributed by atoms with Gasteiger partial charge >= 0.3 is 0 Å². The molecule has 0 atom stereocenters. The summed E-state index contributed by atoms with van der Waals surface area (Å²) < 4.78 is 3.10. The van der Waals surface area contributed by atoms with Crippen LogP contribution in [0.4, 0.5) is 5.13 Å². The maximum atomic E-state index is 5.68. The monoisotopic (exact) mass is 230 g/mol. The Bertz CT molecular complexity index is 653. The maximum absolute atomic E-state index is 5.68. The van der Waals surface area contributed by atoms with Crippen LogP contribution in [0.15, 0.2) is 30.7 Å². The lowest BCUT2D eigenvalue weighted by Crippen LogP contribution is -1.88. The molecule has 2 N–H and O–H groups in total. The summed E-state index contributed by atoms with van der Waals surface area (Å²) in [6, 6.07) is 6.13. The normalized spacial score (nSPS) is 11.1. The van der Waals surface area contributed by atoms with Gasteiger partial charge in [-0.05, 0) is 12.1 Å². The zero-order valence-corrected chi connectivity index (χ0v) is 9.53. The minimum atomic E-state index is 0.608. The highest BCUT2D eigenvalue weighted by atomic mass is 32.1. The highest BCUT2D eigenvalue weighted by molar-refractivity contribution is 7.22. The van der Waals surface area contributed by atoms with E-state index in [1.807, 2.05) is 29.9 Å². The van der Waals surface area contributed by atoms with E-state index in [2.05, 4.69) is 16.0 Å². The third kappa shape index (κ3) is 1.37. The molecule has 0 unspecified atom stereocenters. The van der Waals surface area contributed by atoms with Crippen LogP contribution in [-0.4, -0.2) is 14.5 Å². The number of nitrogen functional groups attached to an aromatic ring is 1. The molecule has 3 rings (SSSR count). The predicted octanol–water partition coefficient (Wildman–Crippen LogP) is 2.28. The van der Waals surface area contributed by atoms with Gasteiger partial charge in [-0.25, -0.2) is 9.97 Å². The van der Waals surface area contributed by atoms with E-state index < -0.39 is 0 Å². The number of imidazole rings is 1. The first-order chi connectivity index (χ1) is 7.74. The highest BCUT2D eigenvalue weighted by Gasteiger charge is 2.06. The lowest BCUT2D eigenvalue weighted by Gasteiger charge is -2.01. The first-order valence-corrected chi connectivity index (χ1v) is 5.68. The Balaban J connectivity index is 2.22. The zero-order chi connectivity index (χ0) is 11.1. The van der Waals surface area contributed by atoms with Gasteiger partial charge in [-0.1, -0.05) is 17.4 Å². The van der Waals surface area contributed by atoms with Gasteiger partial charge in [0.2, 0.25) is 0 Å². The number of fused-ring (bicyclic) bond motifs is 1. The molecule has 4 nitrogen and oxygen atoms in total. The molecular formula is C11H10N4S. The van der Waals surface area contributed by atoms with Crippen molar-refractivity contribution in [3.05, 3.63) is 30.7 Å². The highest BCUT2D eigenvalue weighted by Crippen LogP contribution is 2.28. The van der Waals surface area contributed by atoms with E-state index in [0.717, 1.165) is 21.5 Å². The average Bonchev–Trinajstić information content (AvgIpc) is 2.81. The van der Waals surface area contributed by atoms with Crippen molar-refractivity contribution in [3.8, 4) is 11.3 Å². The summed E-state index contributed by atoms with van der Waals surface area (Å²) in [4.78, 5) is 8.34. The summed E-state index contributed by atoms with van der Waals surface area (Å²) >= 11 is 1.51. The second-order valence-electron chi connectivity index (χ2n) is 3.62. The van der Waals surface area contributed by atoms with E-state index in [0.29, 0.717) is 5.13 Å². The van der Waals surface area contributed by atoms with Crippen molar-refractivity contribution in [1.82, 2.24) is 14.5 Å². The van der Waals surface area contributed by atoms with Crippen molar-refractivity contribution in [1.29, 1.82) is 0 Å². The zero-order valence-electron chi connectivity index (χ0n) is 8.71. The number of nitrogens with two attached hydrogens (primary N) is 1. The number of thiazole rings is 1. The summed E-state index contributed by atoms with van der Waals surface area (Å²) in [5.74, 6) is 0. The van der Waals surface area contributed by atoms with Crippen LogP contribution >= 0.6 is 11.3 Å². The van der Waals surface area contributed by atoms with Gasteiger partial charge in [0.1, 0.15) is 0 Å². The molecule has 0 spiro atoms. The maximum Gasteiger partial charge on any atom is 0.181 e. The molecule has 0 radical (unpaired) electrons. The summed E-state index contributed by atoms with van der Waals surface area (Å²) in [7, 11) is 1.98. The van der Waals surface area contributed by atoms with Gasteiger partial charge in [0.25, 0.3) is 0 Å². The van der Waals surface area contributed by atoms with Gasteiger partial charge in [-0.2, -0.15) is 0 Å². The molecule has 0 aliphatic carbocycles. The van der Waals surface area contributed by atoms with Gasteiger partial charge in [-0.3, -0.25) is 0 Å². The molecular weight excluding hydrogens is 220 g/mol. The number of hydrogen-bond acceptors (Lipinski definition) is 4. The number of anilines is 1. The molecule has 0 amide bonds. The van der Waals surface area contributed by atoms with Crippen molar-refractivity contribution in [2.45, 2.75) is 0 Å². The average molecular weight is 230 g/mol. The first-order valence-electron chi connectivity index (χ1n) is 4.87. The minimum absolute atomic E-state index is 0.608. The molecule has 0 bridgehead atoms. The van der Waals surface area contributed by atoms with E-state index >= 15 is 0 Å². The fourth-order valence-electron chi connectivity index (χ4n) is 1.74. The van der Waals surface area contributed by atoms with E-state index in [9.17, 15) is 0 Å². The fraction of sp³-hybridized carbons (Fsp3) is 0.0909. The van der Waals surface area contributed by atoms with Crippen LogP contribution in [0, 0.1) is 0 Å². The van der Waals surface area contributed by atoms with Crippen molar-refractivity contribution in [2.24, 2.45) is 7.05 Å². The van der Waals surface area contributed by atoms with Gasteiger partial charge in [-0.15, -0.1) is 0 Å². The largest absolute Gasteiger partial charge is 0.375 e. The van der Waals surface area contributed by atoms with Gasteiger partial charge in [0, 0.05) is 12.6 Å². The smallest absolute Gasteiger partial charge is 0.181 e. The van der Waals surface area contributed by atoms with E-state index in [-0.39, 0.29) is 0 Å². The molecule has 0 aliphatic rings. The molecule has 0 saturated heterocycles. The van der Waals surface area contributed by atoms with Crippen molar-refractivity contribution < 1.29 is 0 Å². The number of aryl methyl sites for hydroxylation is 1. The lowest BCUT2D eigenvalue weighted by molar-refractivity contribution is 0.922. The molecule has 5 heteroatoms. The number of nitrogens with zero attached hydrogens (tertiary/aromatic N) is 3. The van der Waals surface area contributed by atoms with E-state index in [1.54, 1.807) is 6.33 Å². The Morgan fingerprint density at radius 2 is 2.25 bits per heavy atom. The minimum Gasteiger partial charge on any atom is -0.375 e. The fourth-order valence-corrected chi connectivity index (χ4v) is 2.51. The van der Waals surface area contributed by atoms with Crippen LogP contribution in [0.1, 0.15) is 0 Å². The Labute approximate surface area is 96.4 Å². The van der Waals surface area contributed by atoms with Gasteiger partial charge in [0.05, 0.1) is 28.4 Å². The van der Waals surface area contributed by atoms with Crippen molar-refractivity contribution in [2.75, 3.05) is 5.73 Å². The standard InChI is InChI=1S/C11H10N4S/c1-15-6-13-5-9(15)7-2-3-8-10(4-7)16-11(12)14-8/h2-6H,1H3,(H2,12,14). The first kappa shape index (κ1) is 9.35. The van der Waals surface area contributed by atoms with Crippen LogP contribution in [0.5, 0.6) is 0 Å². The number of benzene rings is 1. The topological polar surface area (TPSA) is 56.7 Å². The molecule has 16 heavy (non-hydrogen) atoms. The molecule has 80 valence electrons. The molecule has 0 aliphatic heterocycles. The van der Waals surface area contributed by atoms with Crippen LogP contribution in [-0.2, 0) is 7.05 Å². The third-order valence-corrected chi connectivity index (χ3v) is 3.36. The van der Waals surface area contributed by atoms with Crippen molar-refractivity contribution in [3.63, 3.8) is 0 Å². The van der Waals surface area contributed by atoms with E-state index in [1.165, 1.54) is 11.3 Å². The second-order valence-corrected chi connectivity index (χ2v) is 4.69. The lowest BCUT2D eigenvalue weighted by atomic mass is 10.1. The van der Waals surface area contributed by atoms with Gasteiger partial charge < -0.3 is 10.3 Å². The molecule has 2 heterocycles. The van der Waals surface area contributed by atoms with Crippen LogP contribution < -0.4 is 5.73 Å². The molecule has 3 aromatic rings. The Morgan fingerprint density at radius 3 is 3.00 bits per heavy atom. The SMILES string of the molecule is Cn1cncc1-c1ccc2nc(N)sc2c1. The second kappa shape index (κ2) is 3.31. The van der Waals surface area contributed by atoms with E-state index in [4.69, 9.17) is 5.73 Å². The third-order valence-electron chi connectivity index (χ3n) is 2.52. The Kier molecular flexibility index (Phi) is 1.94. The Hall–Kier alpha value is -1.88. The molecule has 0 fully saturated rings. The Morgan fingerprint density at radius 1 is 1.38 bits per heavy atom. The summed E-state index contributed by atoms with van der Waals surface area (Å²) in [5.41, 5.74) is 8.86. The molecule has 1 aromatic carbocycles. The number of rotatable bonds is 1. The summed E-state index contributed by atoms with van der Waals surface area (Å²) in [6.45, 7) is 0. The molecule has 2 aromatic heterocycles. The predicted molar refractivity (Wildman–Crippen MR) is 66.2 cm³/mol. The number of hydrogen-bond donors (Lipinski definition) is 1. The summed E-state index contributed by atoms with van der Waals surface area (Å²) in [5, 5.41) is 0.608. The molecule has 0 saturated carbocycles. The van der Waals surface area contributed by atoms with Crippen LogP contribution in [0.3, 0.4) is 0 Å². The summed E-state index contributed by atoms with van der Waals surface area (Å²) in [6.07, 6.45) is 3.64. The quantitative estimate of drug-likeness (QED) is 0.697. The van der Waals surface area contributed by atoms with Gasteiger partial charge in [0.15, 0.2) is 5.13 Å². The number of aromatic nitrogens is 3. The van der Waals surface area contributed by atoms with Crippen LogP contribution in [0.2, 0.25) is 0 Å². The van der Waals surface area contributed by atoms with Crippen LogP contribution in [0.25, 0.3) is 21.5 Å².